The minimum Gasteiger partial charge on any atom is -0.408 e. The van der Waals surface area contributed by atoms with Crippen molar-refractivity contribution < 1.29 is 8.81 Å². The molecule has 2 aromatic heterocycles. The molecule has 4 aromatic rings. The van der Waals surface area contributed by atoms with Crippen LogP contribution in [0, 0.1) is 13.8 Å². The molecule has 0 unspecified atom stereocenters. The highest BCUT2D eigenvalue weighted by atomic mass is 19.1. The van der Waals surface area contributed by atoms with Crippen molar-refractivity contribution in [3.63, 3.8) is 0 Å². The van der Waals surface area contributed by atoms with Crippen LogP contribution in [0.2, 0.25) is 0 Å². The van der Waals surface area contributed by atoms with Crippen molar-refractivity contribution in [1.29, 1.82) is 0 Å². The summed E-state index contributed by atoms with van der Waals surface area (Å²) < 4.78 is 18.0. The van der Waals surface area contributed by atoms with E-state index in [1.165, 1.54) is 0 Å². The van der Waals surface area contributed by atoms with Crippen LogP contribution < -0.4 is 16.4 Å². The van der Waals surface area contributed by atoms with Gasteiger partial charge in [0.15, 0.2) is 5.58 Å². The smallest absolute Gasteiger partial charge is 0.408 e. The van der Waals surface area contributed by atoms with Crippen LogP contribution in [-0.4, -0.2) is 15.0 Å². The Morgan fingerprint density at radius 1 is 1.11 bits per heavy atom. The lowest BCUT2D eigenvalue weighted by Crippen LogP contribution is -2.03. The van der Waals surface area contributed by atoms with Gasteiger partial charge in [0.05, 0.1) is 5.52 Å². The average molecular weight is 379 g/mol. The van der Waals surface area contributed by atoms with Gasteiger partial charge >= 0.3 is 5.76 Å². The molecule has 0 aliphatic heterocycles. The molecule has 7 nitrogen and oxygen atoms in total. The van der Waals surface area contributed by atoms with Crippen LogP contribution in [0.25, 0.3) is 11.1 Å². The topological polar surface area (TPSA) is 95.8 Å². The van der Waals surface area contributed by atoms with Crippen molar-refractivity contribution in [2.75, 3.05) is 10.6 Å². The molecule has 0 saturated heterocycles. The minimum absolute atomic E-state index is 0.390. The largest absolute Gasteiger partial charge is 0.417 e. The lowest BCUT2D eigenvalue weighted by atomic mass is 10.1. The first-order chi connectivity index (χ1) is 13.5. The van der Waals surface area contributed by atoms with Crippen molar-refractivity contribution in [3.05, 3.63) is 69.8 Å². The second-order valence-electron chi connectivity index (χ2n) is 6.54. The number of oxazole rings is 1. The van der Waals surface area contributed by atoms with Crippen molar-refractivity contribution in [3.8, 4) is 0 Å². The number of anilines is 4. The number of hydrogen-bond acceptors (Lipinski definition) is 6. The van der Waals surface area contributed by atoms with E-state index >= 15 is 0 Å². The van der Waals surface area contributed by atoms with Gasteiger partial charge in [-0.1, -0.05) is 6.07 Å². The van der Waals surface area contributed by atoms with E-state index in [1.54, 1.807) is 36.5 Å². The fourth-order valence-corrected chi connectivity index (χ4v) is 2.94. The number of nitrogens with one attached hydrogen (secondary N) is 3. The van der Waals surface area contributed by atoms with Crippen molar-refractivity contribution >= 4 is 34.2 Å². The molecular weight excluding hydrogens is 361 g/mol. The predicted molar refractivity (Wildman–Crippen MR) is 106 cm³/mol. The van der Waals surface area contributed by atoms with Gasteiger partial charge in [-0.3, -0.25) is 4.98 Å². The summed E-state index contributed by atoms with van der Waals surface area (Å²) in [4.78, 5) is 22.7. The predicted octanol–water partition coefficient (Wildman–Crippen LogP) is 4.48. The third-order valence-corrected chi connectivity index (χ3v) is 4.20. The fraction of sp³-hybridized carbons (Fsp3) is 0.150. The van der Waals surface area contributed by atoms with Crippen LogP contribution in [0.5, 0.6) is 0 Å². The number of aromatic nitrogens is 3. The Bertz CT molecular complexity index is 1210. The van der Waals surface area contributed by atoms with Gasteiger partial charge in [0.1, 0.15) is 12.5 Å². The van der Waals surface area contributed by atoms with Crippen molar-refractivity contribution in [2.45, 2.75) is 20.5 Å². The maximum absolute atomic E-state index is 13.0. The fourth-order valence-electron chi connectivity index (χ4n) is 2.94. The van der Waals surface area contributed by atoms with Gasteiger partial charge in [0, 0.05) is 23.1 Å². The van der Waals surface area contributed by atoms with Crippen LogP contribution >= 0.6 is 0 Å². The van der Waals surface area contributed by atoms with E-state index in [-0.39, 0.29) is 0 Å². The van der Waals surface area contributed by atoms with E-state index in [9.17, 15) is 9.18 Å². The van der Waals surface area contributed by atoms with E-state index in [0.717, 1.165) is 22.5 Å². The monoisotopic (exact) mass is 379 g/mol. The van der Waals surface area contributed by atoms with E-state index in [0.29, 0.717) is 28.4 Å². The molecule has 2 heterocycles. The lowest BCUT2D eigenvalue weighted by molar-refractivity contribution is 0.485. The van der Waals surface area contributed by atoms with Crippen LogP contribution in [0.3, 0.4) is 0 Å². The summed E-state index contributed by atoms with van der Waals surface area (Å²) in [6.45, 7) is 3.26. The first kappa shape index (κ1) is 17.7. The molecule has 0 amide bonds. The Labute approximate surface area is 159 Å². The number of hydrogen-bond donors (Lipinski definition) is 3. The molecule has 0 bridgehead atoms. The quantitative estimate of drug-likeness (QED) is 0.473. The Hall–Kier alpha value is -3.68. The first-order valence-corrected chi connectivity index (χ1v) is 8.67. The highest BCUT2D eigenvalue weighted by molar-refractivity contribution is 5.78. The number of rotatable bonds is 5. The number of H-pyrrole nitrogens is 1. The second-order valence-corrected chi connectivity index (χ2v) is 6.54. The summed E-state index contributed by atoms with van der Waals surface area (Å²) in [5.41, 5.74) is 4.94. The molecular formula is C20H18FN5O2. The molecule has 0 aliphatic carbocycles. The first-order valence-electron chi connectivity index (χ1n) is 8.67. The van der Waals surface area contributed by atoms with Crippen molar-refractivity contribution in [1.82, 2.24) is 15.0 Å². The summed E-state index contributed by atoms with van der Waals surface area (Å²) in [6.07, 6.45) is 1.70. The number of aromatic amines is 1. The molecule has 0 atom stereocenters. The Kier molecular flexibility index (Phi) is 4.52. The van der Waals surface area contributed by atoms with Gasteiger partial charge in [0.25, 0.3) is 0 Å². The van der Waals surface area contributed by atoms with Crippen LogP contribution in [0.15, 0.2) is 51.8 Å². The zero-order valence-electron chi connectivity index (χ0n) is 15.3. The van der Waals surface area contributed by atoms with E-state index in [4.69, 9.17) is 4.42 Å². The van der Waals surface area contributed by atoms with E-state index < -0.39 is 12.4 Å². The summed E-state index contributed by atoms with van der Waals surface area (Å²) in [5, 5.41) is 6.33. The highest BCUT2D eigenvalue weighted by Crippen LogP contribution is 2.24. The third kappa shape index (κ3) is 3.71. The van der Waals surface area contributed by atoms with Crippen LogP contribution in [-0.2, 0) is 6.67 Å². The molecule has 2 aromatic carbocycles. The standard InChI is InChI=1S/C20H18FN5O2/c1-11-5-13(9-21)7-15(6-11)24-19-22-10-12(2)18(26-19)23-14-3-4-17-16(8-14)25-20(27)28-17/h3-8,10H,9H2,1-2H3,(H,25,27)(H2,22,23,24,26). The molecule has 28 heavy (non-hydrogen) atoms. The summed E-state index contributed by atoms with van der Waals surface area (Å²) in [6, 6.07) is 10.7. The molecule has 8 heteroatoms. The lowest BCUT2D eigenvalue weighted by Gasteiger charge is -2.12. The Balaban J connectivity index is 1.61. The summed E-state index contributed by atoms with van der Waals surface area (Å²) in [5.74, 6) is 0.505. The third-order valence-electron chi connectivity index (χ3n) is 4.20. The zero-order valence-corrected chi connectivity index (χ0v) is 15.3. The van der Waals surface area contributed by atoms with Crippen molar-refractivity contribution in [2.24, 2.45) is 0 Å². The Morgan fingerprint density at radius 3 is 2.79 bits per heavy atom. The van der Waals surface area contributed by atoms with Crippen LogP contribution in [0.1, 0.15) is 16.7 Å². The molecule has 4 rings (SSSR count). The zero-order chi connectivity index (χ0) is 19.7. The SMILES string of the molecule is Cc1cc(CF)cc(Nc2ncc(C)c(Nc3ccc4oc(=O)[nH]c4c3)n2)c1. The molecule has 0 spiro atoms. The van der Waals surface area contributed by atoms with Crippen LogP contribution in [0.4, 0.5) is 27.5 Å². The molecule has 3 N–H and O–H groups in total. The number of benzene rings is 2. The van der Waals surface area contributed by atoms with Gasteiger partial charge in [-0.15, -0.1) is 0 Å². The number of aryl methyl sites for hydroxylation is 2. The van der Waals surface area contributed by atoms with Gasteiger partial charge < -0.3 is 15.1 Å². The second kappa shape index (κ2) is 7.15. The molecule has 0 aliphatic rings. The number of halogens is 1. The molecule has 0 fully saturated rings. The molecule has 142 valence electrons. The van der Waals surface area contributed by atoms with E-state index in [1.807, 2.05) is 19.9 Å². The Morgan fingerprint density at radius 2 is 1.96 bits per heavy atom. The molecule has 0 radical (unpaired) electrons. The van der Waals surface area contributed by atoms with Gasteiger partial charge in [-0.2, -0.15) is 4.98 Å². The highest BCUT2D eigenvalue weighted by Gasteiger charge is 2.08. The maximum Gasteiger partial charge on any atom is 0.417 e. The number of fused-ring (bicyclic) bond motifs is 1. The van der Waals surface area contributed by atoms with E-state index in [2.05, 4.69) is 25.6 Å². The molecule has 0 saturated carbocycles. The van der Waals surface area contributed by atoms with Gasteiger partial charge in [-0.25, -0.2) is 14.2 Å². The maximum atomic E-state index is 13.0. The van der Waals surface area contributed by atoms with Gasteiger partial charge in [0.2, 0.25) is 5.95 Å². The van der Waals surface area contributed by atoms with Gasteiger partial charge in [-0.05, 0) is 55.3 Å². The summed E-state index contributed by atoms with van der Waals surface area (Å²) in [7, 11) is 0. The summed E-state index contributed by atoms with van der Waals surface area (Å²) >= 11 is 0. The number of alkyl halides is 1. The number of nitrogens with zero attached hydrogens (tertiary/aromatic N) is 2. The minimum atomic E-state index is -0.531. The normalized spacial score (nSPS) is 11.0. The average Bonchev–Trinajstić information content (AvgIpc) is 3.03.